The summed E-state index contributed by atoms with van der Waals surface area (Å²) < 4.78 is 8.07. The number of hydrogen-bond donors (Lipinski definition) is 2. The van der Waals surface area contributed by atoms with Crippen LogP contribution >= 0.6 is 15.9 Å². The Morgan fingerprint density at radius 2 is 1.97 bits per heavy atom. The quantitative estimate of drug-likeness (QED) is 0.404. The van der Waals surface area contributed by atoms with Crippen LogP contribution in [-0.4, -0.2) is 51.4 Å². The van der Waals surface area contributed by atoms with E-state index in [9.17, 15) is 5.11 Å². The van der Waals surface area contributed by atoms with Gasteiger partial charge in [0.1, 0.15) is 5.75 Å². The van der Waals surface area contributed by atoms with Crippen molar-refractivity contribution < 1.29 is 9.84 Å². The Balaban J connectivity index is 1.51. The molecule has 0 radical (unpaired) electrons. The van der Waals surface area contributed by atoms with Crippen LogP contribution in [0.2, 0.25) is 0 Å². The Hall–Kier alpha value is -3.17. The molecule has 1 aliphatic rings. The van der Waals surface area contributed by atoms with Crippen molar-refractivity contribution in [2.75, 3.05) is 30.4 Å². The van der Waals surface area contributed by atoms with Crippen molar-refractivity contribution in [2.24, 2.45) is 0 Å². The number of ether oxygens (including phenoxy) is 1. The van der Waals surface area contributed by atoms with Gasteiger partial charge in [0.05, 0.1) is 23.4 Å². The topological polar surface area (TPSA) is 88.3 Å². The first-order valence-electron chi connectivity index (χ1n) is 10.9. The van der Waals surface area contributed by atoms with Crippen molar-refractivity contribution in [1.29, 1.82) is 0 Å². The lowest BCUT2D eigenvalue weighted by atomic mass is 10.1. The zero-order valence-electron chi connectivity index (χ0n) is 18.3. The smallest absolute Gasteiger partial charge is 0.159 e. The molecule has 0 saturated carbocycles. The number of methoxy groups -OCH3 is 1. The number of anilines is 2. The maximum Gasteiger partial charge on any atom is 0.159 e. The van der Waals surface area contributed by atoms with Crippen molar-refractivity contribution >= 4 is 38.3 Å². The summed E-state index contributed by atoms with van der Waals surface area (Å²) in [6.07, 6.45) is 4.92. The zero-order chi connectivity index (χ0) is 22.8. The highest BCUT2D eigenvalue weighted by Gasteiger charge is 2.21. The van der Waals surface area contributed by atoms with Crippen LogP contribution in [-0.2, 0) is 6.54 Å². The fraction of sp³-hybridized carbons (Fsp3) is 0.292. The minimum atomic E-state index is -0.239. The Labute approximate surface area is 200 Å². The fourth-order valence-electron chi connectivity index (χ4n) is 4.14. The standard InChI is InChI=1S/C24H25BrN6O2/c1-33-22-6-3-16(13-21(22)25)15-26-23-20-14-17(31-10-2-9-27-31)4-5-19(20)24(29-28-23)30-11-7-18(32)8-12-30/h2-6,9-10,13-14,18,32H,7-8,11-12,15H2,1H3,(H,26,28). The maximum atomic E-state index is 9.91. The summed E-state index contributed by atoms with van der Waals surface area (Å²) >= 11 is 3.55. The number of aliphatic hydroxyl groups excluding tert-OH is 1. The number of rotatable bonds is 6. The molecule has 0 bridgehead atoms. The van der Waals surface area contributed by atoms with Gasteiger partial charge in [0, 0.05) is 42.8 Å². The molecule has 9 heteroatoms. The van der Waals surface area contributed by atoms with E-state index in [1.54, 1.807) is 13.3 Å². The number of halogens is 1. The lowest BCUT2D eigenvalue weighted by Crippen LogP contribution is -2.36. The van der Waals surface area contributed by atoms with Crippen LogP contribution in [0.25, 0.3) is 16.5 Å². The Morgan fingerprint density at radius 3 is 2.70 bits per heavy atom. The molecule has 2 aromatic carbocycles. The molecule has 0 atom stereocenters. The van der Waals surface area contributed by atoms with Crippen LogP contribution < -0.4 is 15.0 Å². The summed E-state index contributed by atoms with van der Waals surface area (Å²) in [5, 5.41) is 28.9. The summed E-state index contributed by atoms with van der Waals surface area (Å²) in [5.41, 5.74) is 2.05. The predicted octanol–water partition coefficient (Wildman–Crippen LogP) is 4.16. The van der Waals surface area contributed by atoms with E-state index in [0.717, 1.165) is 64.0 Å². The van der Waals surface area contributed by atoms with Crippen LogP contribution in [0.3, 0.4) is 0 Å². The Morgan fingerprint density at radius 1 is 1.12 bits per heavy atom. The minimum absolute atomic E-state index is 0.239. The SMILES string of the molecule is COc1ccc(CNc2nnc(N3CCC(O)CC3)c3ccc(-n4cccn4)cc23)cc1Br. The minimum Gasteiger partial charge on any atom is -0.496 e. The van der Waals surface area contributed by atoms with Crippen molar-refractivity contribution in [3.05, 3.63) is 64.9 Å². The molecule has 5 rings (SSSR count). The van der Waals surface area contributed by atoms with Gasteiger partial charge in [0.25, 0.3) is 0 Å². The van der Waals surface area contributed by atoms with Gasteiger partial charge in [0.15, 0.2) is 11.6 Å². The van der Waals surface area contributed by atoms with Gasteiger partial charge in [0.2, 0.25) is 0 Å². The van der Waals surface area contributed by atoms with Crippen LogP contribution in [0, 0.1) is 0 Å². The summed E-state index contributed by atoms with van der Waals surface area (Å²) in [6, 6.07) is 14.1. The number of aliphatic hydroxyl groups is 1. The third-order valence-electron chi connectivity index (χ3n) is 5.95. The number of benzene rings is 2. The molecule has 0 unspecified atom stereocenters. The number of piperidine rings is 1. The molecule has 4 aromatic rings. The predicted molar refractivity (Wildman–Crippen MR) is 132 cm³/mol. The molecule has 3 heterocycles. The van der Waals surface area contributed by atoms with E-state index in [1.807, 2.05) is 41.2 Å². The highest BCUT2D eigenvalue weighted by atomic mass is 79.9. The molecule has 8 nitrogen and oxygen atoms in total. The van der Waals surface area contributed by atoms with Crippen LogP contribution in [0.5, 0.6) is 5.75 Å². The monoisotopic (exact) mass is 508 g/mol. The van der Waals surface area contributed by atoms with E-state index in [2.05, 4.69) is 53.6 Å². The third-order valence-corrected chi connectivity index (χ3v) is 6.57. The number of hydrogen-bond acceptors (Lipinski definition) is 7. The molecular weight excluding hydrogens is 484 g/mol. The summed E-state index contributed by atoms with van der Waals surface area (Å²) in [4.78, 5) is 2.21. The van der Waals surface area contributed by atoms with Gasteiger partial charge in [-0.25, -0.2) is 4.68 Å². The first kappa shape index (κ1) is 21.7. The van der Waals surface area contributed by atoms with Crippen molar-refractivity contribution in [1.82, 2.24) is 20.0 Å². The lowest BCUT2D eigenvalue weighted by molar-refractivity contribution is 0.145. The van der Waals surface area contributed by atoms with Gasteiger partial charge >= 0.3 is 0 Å². The van der Waals surface area contributed by atoms with E-state index >= 15 is 0 Å². The molecule has 0 amide bonds. The summed E-state index contributed by atoms with van der Waals surface area (Å²) in [7, 11) is 1.65. The number of aromatic nitrogens is 4. The van der Waals surface area contributed by atoms with E-state index < -0.39 is 0 Å². The zero-order valence-corrected chi connectivity index (χ0v) is 19.9. The van der Waals surface area contributed by atoms with Crippen LogP contribution in [0.15, 0.2) is 59.3 Å². The molecule has 170 valence electrons. The van der Waals surface area contributed by atoms with E-state index in [1.165, 1.54) is 0 Å². The second kappa shape index (κ2) is 9.36. The van der Waals surface area contributed by atoms with E-state index in [0.29, 0.717) is 12.4 Å². The van der Waals surface area contributed by atoms with Gasteiger partial charge in [-0.3, -0.25) is 0 Å². The molecule has 1 fully saturated rings. The molecule has 2 N–H and O–H groups in total. The average Bonchev–Trinajstić information content (AvgIpc) is 3.38. The second-order valence-corrected chi connectivity index (χ2v) is 8.95. The molecule has 1 aliphatic heterocycles. The van der Waals surface area contributed by atoms with Crippen LogP contribution in [0.4, 0.5) is 11.6 Å². The van der Waals surface area contributed by atoms with Gasteiger partial charge in [-0.1, -0.05) is 6.07 Å². The largest absolute Gasteiger partial charge is 0.496 e. The lowest BCUT2D eigenvalue weighted by Gasteiger charge is -2.31. The molecule has 2 aromatic heterocycles. The highest BCUT2D eigenvalue weighted by molar-refractivity contribution is 9.10. The molecular formula is C24H25BrN6O2. The normalized spacial score (nSPS) is 14.6. The number of nitrogens with one attached hydrogen (secondary N) is 1. The van der Waals surface area contributed by atoms with E-state index in [4.69, 9.17) is 4.74 Å². The van der Waals surface area contributed by atoms with Gasteiger partial charge in [-0.05, 0) is 70.7 Å². The third kappa shape index (κ3) is 4.51. The molecule has 1 saturated heterocycles. The Bertz CT molecular complexity index is 1260. The van der Waals surface area contributed by atoms with E-state index in [-0.39, 0.29) is 6.10 Å². The van der Waals surface area contributed by atoms with Gasteiger partial charge < -0.3 is 20.1 Å². The molecule has 33 heavy (non-hydrogen) atoms. The maximum absolute atomic E-state index is 9.91. The van der Waals surface area contributed by atoms with Gasteiger partial charge in [-0.15, -0.1) is 10.2 Å². The first-order valence-corrected chi connectivity index (χ1v) is 11.7. The number of nitrogens with zero attached hydrogens (tertiary/aromatic N) is 5. The highest BCUT2D eigenvalue weighted by Crippen LogP contribution is 2.32. The molecule has 0 spiro atoms. The second-order valence-electron chi connectivity index (χ2n) is 8.09. The van der Waals surface area contributed by atoms with Crippen molar-refractivity contribution in [3.8, 4) is 11.4 Å². The fourth-order valence-corrected chi connectivity index (χ4v) is 4.73. The van der Waals surface area contributed by atoms with Crippen molar-refractivity contribution in [2.45, 2.75) is 25.5 Å². The summed E-state index contributed by atoms with van der Waals surface area (Å²) in [5.74, 6) is 2.36. The molecule has 0 aliphatic carbocycles. The van der Waals surface area contributed by atoms with Crippen LogP contribution in [0.1, 0.15) is 18.4 Å². The Kier molecular flexibility index (Phi) is 6.15. The average molecular weight is 509 g/mol. The first-order chi connectivity index (χ1) is 16.1. The number of fused-ring (bicyclic) bond motifs is 1. The summed E-state index contributed by atoms with van der Waals surface area (Å²) in [6.45, 7) is 2.12. The van der Waals surface area contributed by atoms with Crippen molar-refractivity contribution in [3.63, 3.8) is 0 Å². The van der Waals surface area contributed by atoms with Gasteiger partial charge in [-0.2, -0.15) is 5.10 Å².